The summed E-state index contributed by atoms with van der Waals surface area (Å²) in [5.74, 6) is -0.461. The minimum absolute atomic E-state index is 0.0113. The summed E-state index contributed by atoms with van der Waals surface area (Å²) < 4.78 is 14.5. The normalized spacial score (nSPS) is 11.4. The van der Waals surface area contributed by atoms with Gasteiger partial charge in [0.1, 0.15) is 16.5 Å². The summed E-state index contributed by atoms with van der Waals surface area (Å²) in [5.41, 5.74) is 1.05. The van der Waals surface area contributed by atoms with Gasteiger partial charge in [-0.25, -0.2) is 9.37 Å². The average Bonchev–Trinajstić information content (AvgIpc) is 2.34. The molecule has 4 nitrogen and oxygen atoms in total. The predicted molar refractivity (Wildman–Crippen MR) is 84.3 cm³/mol. The average molecular weight is 376 g/mol. The van der Waals surface area contributed by atoms with Gasteiger partial charge < -0.3 is 0 Å². The highest BCUT2D eigenvalue weighted by Gasteiger charge is 2.27. The summed E-state index contributed by atoms with van der Waals surface area (Å²) in [7, 11) is 0. The first-order chi connectivity index (χ1) is 9.73. The van der Waals surface area contributed by atoms with E-state index >= 15 is 0 Å². The van der Waals surface area contributed by atoms with E-state index in [0.717, 1.165) is 0 Å². The molecule has 1 aromatic heterocycles. The van der Waals surface area contributed by atoms with Crippen LogP contribution < -0.4 is 0 Å². The maximum atomic E-state index is 14.3. The molecule has 0 N–H and O–H groups in total. The summed E-state index contributed by atoms with van der Waals surface area (Å²) >= 11 is 9.22. The Morgan fingerprint density at radius 1 is 1.52 bits per heavy atom. The molecule has 2 rings (SSSR count). The number of halogens is 3. The van der Waals surface area contributed by atoms with Crippen LogP contribution in [0.2, 0.25) is 5.02 Å². The highest BCUT2D eigenvalue weighted by Crippen LogP contribution is 2.39. The smallest absolute Gasteiger partial charge is 0.258 e. The Kier molecular flexibility index (Phi) is 4.49. The minimum atomic E-state index is -0.632. The Hall–Kier alpha value is -1.27. The van der Waals surface area contributed by atoms with Gasteiger partial charge in [-0.05, 0) is 46.8 Å². The molecule has 0 atom stereocenters. The lowest BCUT2D eigenvalue weighted by Crippen LogP contribution is -2.06. The fourth-order valence-corrected chi connectivity index (χ4v) is 3.13. The van der Waals surface area contributed by atoms with Crippen LogP contribution in [0.4, 0.5) is 10.1 Å². The Morgan fingerprint density at radius 2 is 2.14 bits per heavy atom. The summed E-state index contributed by atoms with van der Waals surface area (Å²) in [6.45, 7) is 5.62. The third-order valence-corrected chi connectivity index (χ3v) is 4.06. The van der Waals surface area contributed by atoms with E-state index in [0.29, 0.717) is 17.5 Å². The zero-order valence-corrected chi connectivity index (χ0v) is 14.0. The zero-order chi connectivity index (χ0) is 15.9. The molecule has 0 bridgehead atoms. The summed E-state index contributed by atoms with van der Waals surface area (Å²) in [6.07, 6.45) is 0.406. The van der Waals surface area contributed by atoms with E-state index in [1.807, 2.05) is 13.8 Å². The van der Waals surface area contributed by atoms with Gasteiger partial charge >= 0.3 is 5.69 Å². The predicted octanol–water partition coefficient (Wildman–Crippen LogP) is 5.20. The molecular weight excluding hydrogens is 363 g/mol. The summed E-state index contributed by atoms with van der Waals surface area (Å²) in [5, 5.41) is 11.1. The van der Waals surface area contributed by atoms with Crippen LogP contribution in [0.15, 0.2) is 10.5 Å². The second-order valence-electron chi connectivity index (χ2n) is 5.29. The highest BCUT2D eigenvalue weighted by atomic mass is 79.9. The molecule has 21 heavy (non-hydrogen) atoms. The molecule has 0 aliphatic heterocycles. The van der Waals surface area contributed by atoms with E-state index < -0.39 is 10.7 Å². The van der Waals surface area contributed by atoms with Crippen LogP contribution in [0.1, 0.15) is 25.1 Å². The number of aryl methyl sites for hydroxylation is 1. The van der Waals surface area contributed by atoms with Crippen LogP contribution in [0.25, 0.3) is 10.9 Å². The van der Waals surface area contributed by atoms with Crippen LogP contribution in [0, 0.1) is 28.8 Å². The van der Waals surface area contributed by atoms with E-state index in [4.69, 9.17) is 11.6 Å². The fourth-order valence-electron chi connectivity index (χ4n) is 2.23. The van der Waals surface area contributed by atoms with Crippen molar-refractivity contribution in [3.8, 4) is 0 Å². The van der Waals surface area contributed by atoms with Crippen molar-refractivity contribution >= 4 is 44.1 Å². The van der Waals surface area contributed by atoms with E-state index in [2.05, 4.69) is 20.9 Å². The maximum Gasteiger partial charge on any atom is 0.309 e. The number of benzene rings is 1. The van der Waals surface area contributed by atoms with E-state index in [-0.39, 0.29) is 32.2 Å². The van der Waals surface area contributed by atoms with Crippen molar-refractivity contribution in [2.24, 2.45) is 5.92 Å². The van der Waals surface area contributed by atoms with Gasteiger partial charge in [-0.1, -0.05) is 25.4 Å². The molecule has 0 aliphatic carbocycles. The van der Waals surface area contributed by atoms with Gasteiger partial charge in [-0.3, -0.25) is 10.1 Å². The monoisotopic (exact) mass is 374 g/mol. The van der Waals surface area contributed by atoms with Crippen molar-refractivity contribution in [3.63, 3.8) is 0 Å². The topological polar surface area (TPSA) is 56.0 Å². The summed E-state index contributed by atoms with van der Waals surface area (Å²) in [4.78, 5) is 15.0. The lowest BCUT2D eigenvalue weighted by atomic mass is 10.0. The molecule has 2 aromatic rings. The number of pyridine rings is 1. The first-order valence-electron chi connectivity index (χ1n) is 6.35. The van der Waals surface area contributed by atoms with Crippen LogP contribution in [0.3, 0.4) is 0 Å². The molecule has 0 unspecified atom stereocenters. The van der Waals surface area contributed by atoms with Crippen molar-refractivity contribution in [1.82, 2.24) is 4.98 Å². The molecular formula is C14H13BrClFN2O2. The molecule has 0 amide bonds. The SMILES string of the molecule is Cc1cc(Br)c(F)c2c(Cl)c([N+](=O)[O-])c(CC(C)C)nc12. The lowest BCUT2D eigenvalue weighted by Gasteiger charge is -2.12. The third kappa shape index (κ3) is 2.87. The number of hydrogen-bond acceptors (Lipinski definition) is 3. The van der Waals surface area contributed by atoms with Crippen LogP contribution >= 0.6 is 27.5 Å². The Labute approximate surface area is 134 Å². The van der Waals surface area contributed by atoms with Crippen LogP contribution in [-0.2, 0) is 6.42 Å². The molecule has 0 aliphatic rings. The molecule has 0 saturated carbocycles. The third-order valence-electron chi connectivity index (χ3n) is 3.11. The number of aromatic nitrogens is 1. The molecule has 112 valence electrons. The molecule has 1 aromatic carbocycles. The van der Waals surface area contributed by atoms with Crippen molar-refractivity contribution in [3.05, 3.63) is 42.8 Å². The van der Waals surface area contributed by atoms with Crippen molar-refractivity contribution in [2.45, 2.75) is 27.2 Å². The van der Waals surface area contributed by atoms with E-state index in [1.54, 1.807) is 13.0 Å². The fraction of sp³-hybridized carbons (Fsp3) is 0.357. The van der Waals surface area contributed by atoms with Crippen molar-refractivity contribution in [2.75, 3.05) is 0 Å². The molecule has 0 spiro atoms. The number of hydrogen-bond donors (Lipinski definition) is 0. The second-order valence-corrected chi connectivity index (χ2v) is 6.52. The molecule has 0 radical (unpaired) electrons. The number of nitrogens with zero attached hydrogens (tertiary/aromatic N) is 2. The van der Waals surface area contributed by atoms with Gasteiger partial charge in [-0.15, -0.1) is 0 Å². The van der Waals surface area contributed by atoms with Gasteiger partial charge in [0.05, 0.1) is 20.3 Å². The Balaban J connectivity index is 2.94. The first-order valence-corrected chi connectivity index (χ1v) is 7.52. The molecule has 1 heterocycles. The quantitative estimate of drug-likeness (QED) is 0.547. The largest absolute Gasteiger partial charge is 0.309 e. The highest BCUT2D eigenvalue weighted by molar-refractivity contribution is 9.10. The zero-order valence-electron chi connectivity index (χ0n) is 11.7. The van der Waals surface area contributed by atoms with E-state index in [1.165, 1.54) is 0 Å². The Bertz CT molecular complexity index is 750. The molecule has 0 saturated heterocycles. The maximum absolute atomic E-state index is 14.3. The Morgan fingerprint density at radius 3 is 2.67 bits per heavy atom. The first kappa shape index (κ1) is 16.1. The molecule has 0 fully saturated rings. The van der Waals surface area contributed by atoms with Crippen LogP contribution in [-0.4, -0.2) is 9.91 Å². The number of nitro groups is 1. The van der Waals surface area contributed by atoms with Crippen LogP contribution in [0.5, 0.6) is 0 Å². The number of rotatable bonds is 3. The molecule has 7 heteroatoms. The number of fused-ring (bicyclic) bond motifs is 1. The van der Waals surface area contributed by atoms with Gasteiger partial charge in [-0.2, -0.15) is 0 Å². The van der Waals surface area contributed by atoms with Gasteiger partial charge in [0.2, 0.25) is 0 Å². The summed E-state index contributed by atoms with van der Waals surface area (Å²) in [6, 6.07) is 1.59. The standard InChI is InChI=1S/C14H13BrClFN2O2/c1-6(2)4-9-14(19(20)21)11(16)10-12(17)8(15)5-7(3)13(10)18-9/h5-6H,4H2,1-3H3. The van der Waals surface area contributed by atoms with Gasteiger partial charge in [0.25, 0.3) is 0 Å². The van der Waals surface area contributed by atoms with Crippen molar-refractivity contribution < 1.29 is 9.31 Å². The van der Waals surface area contributed by atoms with Crippen molar-refractivity contribution in [1.29, 1.82) is 0 Å². The minimum Gasteiger partial charge on any atom is -0.258 e. The second kappa shape index (κ2) is 5.85. The van der Waals surface area contributed by atoms with E-state index in [9.17, 15) is 14.5 Å². The van der Waals surface area contributed by atoms with Gasteiger partial charge in [0, 0.05) is 0 Å². The van der Waals surface area contributed by atoms with Gasteiger partial charge in [0.15, 0.2) is 0 Å². The lowest BCUT2D eigenvalue weighted by molar-refractivity contribution is -0.385.